The Hall–Kier alpha value is -1.89. The van der Waals surface area contributed by atoms with Gasteiger partial charge in [-0.25, -0.2) is 4.98 Å². The van der Waals surface area contributed by atoms with Crippen molar-refractivity contribution < 1.29 is 9.59 Å². The van der Waals surface area contributed by atoms with Crippen LogP contribution in [0.3, 0.4) is 0 Å². The molecule has 3 aliphatic rings. The zero-order chi connectivity index (χ0) is 17.4. The fraction of sp³-hybridized carbons (Fsp3) is 0.722. The summed E-state index contributed by atoms with van der Waals surface area (Å²) < 4.78 is 2.26. The zero-order valence-electron chi connectivity index (χ0n) is 14.9. The molecule has 2 fully saturated rings. The first-order valence-corrected chi connectivity index (χ1v) is 9.45. The molecule has 1 saturated carbocycles. The molecule has 1 aromatic rings. The van der Waals surface area contributed by atoms with Gasteiger partial charge in [-0.2, -0.15) is 0 Å². The van der Waals surface area contributed by atoms with Crippen molar-refractivity contribution in [1.29, 1.82) is 0 Å². The van der Waals surface area contributed by atoms with Crippen molar-refractivity contribution in [3.05, 3.63) is 17.2 Å². The summed E-state index contributed by atoms with van der Waals surface area (Å²) in [7, 11) is 2.12. The van der Waals surface area contributed by atoms with Crippen LogP contribution in [0.2, 0.25) is 0 Å². The van der Waals surface area contributed by atoms with Crippen LogP contribution in [0.25, 0.3) is 0 Å². The van der Waals surface area contributed by atoms with Crippen LogP contribution in [-0.4, -0.2) is 51.9 Å². The van der Waals surface area contributed by atoms with Gasteiger partial charge in [0, 0.05) is 44.7 Å². The average Bonchev–Trinajstić information content (AvgIpc) is 3.39. The van der Waals surface area contributed by atoms with E-state index < -0.39 is 0 Å². The Balaban J connectivity index is 1.35. The first-order valence-electron chi connectivity index (χ1n) is 9.45. The van der Waals surface area contributed by atoms with Crippen LogP contribution in [0.1, 0.15) is 55.2 Å². The Morgan fingerprint density at radius 2 is 2.16 bits per heavy atom. The van der Waals surface area contributed by atoms with E-state index in [0.29, 0.717) is 19.0 Å². The maximum atomic E-state index is 12.4. The number of carbonyl (C=O) groups excluding carboxylic acids is 2. The third-order valence-corrected chi connectivity index (χ3v) is 5.55. The first-order chi connectivity index (χ1) is 12.1. The summed E-state index contributed by atoms with van der Waals surface area (Å²) in [6.07, 6.45) is 6.11. The summed E-state index contributed by atoms with van der Waals surface area (Å²) in [6, 6.07) is -0.383. The van der Waals surface area contributed by atoms with Crippen molar-refractivity contribution in [2.45, 2.75) is 57.0 Å². The second kappa shape index (κ2) is 6.78. The van der Waals surface area contributed by atoms with E-state index in [-0.39, 0.29) is 17.9 Å². The highest BCUT2D eigenvalue weighted by atomic mass is 16.2. The number of hydrogen-bond acceptors (Lipinski definition) is 4. The Labute approximate surface area is 148 Å². The van der Waals surface area contributed by atoms with E-state index in [4.69, 9.17) is 4.98 Å². The van der Waals surface area contributed by atoms with Crippen molar-refractivity contribution in [2.75, 3.05) is 19.6 Å². The maximum absolute atomic E-state index is 12.4. The molecule has 0 spiro atoms. The lowest BCUT2D eigenvalue weighted by molar-refractivity contribution is -0.129. The molecule has 7 heteroatoms. The van der Waals surface area contributed by atoms with Gasteiger partial charge in [-0.3, -0.25) is 14.5 Å². The van der Waals surface area contributed by atoms with Crippen molar-refractivity contribution in [2.24, 2.45) is 7.05 Å². The van der Waals surface area contributed by atoms with E-state index in [1.807, 2.05) is 0 Å². The fourth-order valence-electron chi connectivity index (χ4n) is 3.96. The van der Waals surface area contributed by atoms with Crippen LogP contribution in [0.15, 0.2) is 0 Å². The number of hydrogen-bond donors (Lipinski definition) is 2. The average molecular weight is 345 g/mol. The predicted molar refractivity (Wildman–Crippen MR) is 93.0 cm³/mol. The van der Waals surface area contributed by atoms with Gasteiger partial charge in [0.25, 0.3) is 0 Å². The van der Waals surface area contributed by atoms with Crippen molar-refractivity contribution in [1.82, 2.24) is 25.1 Å². The van der Waals surface area contributed by atoms with E-state index in [9.17, 15) is 9.59 Å². The highest BCUT2D eigenvalue weighted by Crippen LogP contribution is 2.40. The minimum atomic E-state index is -0.383. The van der Waals surface area contributed by atoms with Crippen LogP contribution in [0.4, 0.5) is 0 Å². The van der Waals surface area contributed by atoms with E-state index >= 15 is 0 Å². The number of nitrogens with one attached hydrogen (secondary N) is 2. The van der Waals surface area contributed by atoms with Crippen LogP contribution in [0.5, 0.6) is 0 Å². The molecule has 0 aromatic carbocycles. The molecular formula is C18H27N5O2. The molecule has 136 valence electrons. The van der Waals surface area contributed by atoms with Crippen LogP contribution in [-0.2, 0) is 29.6 Å². The lowest BCUT2D eigenvalue weighted by Gasteiger charge is -2.26. The van der Waals surface area contributed by atoms with Gasteiger partial charge < -0.3 is 15.2 Å². The smallest absolute Gasteiger partial charge is 0.242 e. The Kier molecular flexibility index (Phi) is 4.50. The quantitative estimate of drug-likeness (QED) is 0.830. The molecule has 2 N–H and O–H groups in total. The minimum absolute atomic E-state index is 0.0504. The molecule has 0 bridgehead atoms. The SMILES string of the molecule is Cn1c(C2CC2)nc2c1CCN(CC(=O)N[C@@H]1CCCCNC1=O)C2. The zero-order valence-corrected chi connectivity index (χ0v) is 14.9. The Bertz CT molecular complexity index is 679. The molecule has 1 saturated heterocycles. The fourth-order valence-corrected chi connectivity index (χ4v) is 3.96. The number of amides is 2. The third-order valence-electron chi connectivity index (χ3n) is 5.55. The molecular weight excluding hydrogens is 318 g/mol. The van der Waals surface area contributed by atoms with Crippen molar-refractivity contribution >= 4 is 11.8 Å². The van der Waals surface area contributed by atoms with Gasteiger partial charge in [-0.15, -0.1) is 0 Å². The molecule has 1 atom stereocenters. The molecule has 2 amide bonds. The summed E-state index contributed by atoms with van der Waals surface area (Å²) in [6.45, 7) is 2.63. The van der Waals surface area contributed by atoms with Gasteiger partial charge in [0.15, 0.2) is 0 Å². The molecule has 3 heterocycles. The molecule has 7 nitrogen and oxygen atoms in total. The molecule has 25 heavy (non-hydrogen) atoms. The van der Waals surface area contributed by atoms with Crippen LogP contribution in [0, 0.1) is 0 Å². The molecule has 4 rings (SSSR count). The standard InChI is InChI=1S/C18H27N5O2/c1-22-15-7-9-23(10-14(15)21-17(22)12-5-6-12)11-16(24)20-13-4-2-3-8-19-18(13)25/h12-13H,2-11H2,1H3,(H,19,25)(H,20,24)/t13-/m1/s1. The van der Waals surface area contributed by atoms with Gasteiger partial charge in [0.05, 0.1) is 12.2 Å². The minimum Gasteiger partial charge on any atom is -0.354 e. The Morgan fingerprint density at radius 3 is 2.96 bits per heavy atom. The second-order valence-corrected chi connectivity index (χ2v) is 7.56. The lowest BCUT2D eigenvalue weighted by atomic mass is 10.1. The summed E-state index contributed by atoms with van der Waals surface area (Å²) in [4.78, 5) is 31.3. The summed E-state index contributed by atoms with van der Waals surface area (Å²) >= 11 is 0. The molecule has 1 aromatic heterocycles. The first kappa shape index (κ1) is 16.6. The molecule has 1 aliphatic carbocycles. The number of carbonyl (C=O) groups is 2. The van der Waals surface area contributed by atoms with E-state index in [1.54, 1.807) is 0 Å². The van der Waals surface area contributed by atoms with Gasteiger partial charge in [0.2, 0.25) is 11.8 Å². The number of rotatable bonds is 4. The molecule has 0 unspecified atom stereocenters. The summed E-state index contributed by atoms with van der Waals surface area (Å²) in [5.41, 5.74) is 2.44. The number of imidazole rings is 1. The monoisotopic (exact) mass is 345 g/mol. The van der Waals surface area contributed by atoms with E-state index in [0.717, 1.165) is 44.5 Å². The maximum Gasteiger partial charge on any atom is 0.242 e. The van der Waals surface area contributed by atoms with E-state index in [2.05, 4.69) is 27.1 Å². The van der Waals surface area contributed by atoms with Crippen molar-refractivity contribution in [3.63, 3.8) is 0 Å². The second-order valence-electron chi connectivity index (χ2n) is 7.56. The topological polar surface area (TPSA) is 79.3 Å². The van der Waals surface area contributed by atoms with Gasteiger partial charge in [-0.1, -0.05) is 0 Å². The van der Waals surface area contributed by atoms with Gasteiger partial charge in [-0.05, 0) is 32.1 Å². The highest BCUT2D eigenvalue weighted by molar-refractivity contribution is 5.88. The summed E-state index contributed by atoms with van der Waals surface area (Å²) in [5.74, 6) is 1.74. The highest BCUT2D eigenvalue weighted by Gasteiger charge is 2.32. The molecule has 0 radical (unpaired) electrons. The van der Waals surface area contributed by atoms with Gasteiger partial charge in [0.1, 0.15) is 11.9 Å². The number of nitrogens with zero attached hydrogens (tertiary/aromatic N) is 3. The third kappa shape index (κ3) is 3.56. The lowest BCUT2D eigenvalue weighted by Crippen LogP contribution is -2.49. The van der Waals surface area contributed by atoms with Gasteiger partial charge >= 0.3 is 0 Å². The van der Waals surface area contributed by atoms with Crippen LogP contribution < -0.4 is 10.6 Å². The normalized spacial score (nSPS) is 24.4. The van der Waals surface area contributed by atoms with Crippen molar-refractivity contribution in [3.8, 4) is 0 Å². The number of fused-ring (bicyclic) bond motifs is 1. The largest absolute Gasteiger partial charge is 0.354 e. The predicted octanol–water partition coefficient (Wildman–Crippen LogP) is 0.441. The summed E-state index contributed by atoms with van der Waals surface area (Å²) in [5, 5.41) is 5.77. The molecule has 2 aliphatic heterocycles. The van der Waals surface area contributed by atoms with E-state index in [1.165, 1.54) is 24.4 Å². The number of aromatic nitrogens is 2. The van der Waals surface area contributed by atoms with Crippen LogP contribution >= 0.6 is 0 Å². The Morgan fingerprint density at radius 1 is 1.32 bits per heavy atom.